The van der Waals surface area contributed by atoms with E-state index in [2.05, 4.69) is 26.1 Å². The smallest absolute Gasteiger partial charge is 0.175 e. The van der Waals surface area contributed by atoms with Crippen LogP contribution in [0.1, 0.15) is 11.1 Å². The van der Waals surface area contributed by atoms with Gasteiger partial charge in [0.05, 0.1) is 16.6 Å². The molecular formula is C19H23BrClFN2O2. The van der Waals surface area contributed by atoms with Crippen LogP contribution in [-0.2, 0) is 13.2 Å². The molecule has 0 fully saturated rings. The van der Waals surface area contributed by atoms with Crippen molar-refractivity contribution in [3.8, 4) is 11.5 Å². The van der Waals surface area contributed by atoms with E-state index >= 15 is 0 Å². The lowest BCUT2D eigenvalue weighted by Crippen LogP contribution is -2.26. The molecule has 0 aliphatic rings. The molecule has 0 aliphatic heterocycles. The molecule has 0 amide bonds. The van der Waals surface area contributed by atoms with Crippen molar-refractivity contribution in [3.05, 3.63) is 56.8 Å². The number of hydrogen-bond acceptors (Lipinski definition) is 4. The summed E-state index contributed by atoms with van der Waals surface area (Å²) in [7, 11) is 5.65. The molecule has 4 nitrogen and oxygen atoms in total. The van der Waals surface area contributed by atoms with Crippen molar-refractivity contribution in [3.63, 3.8) is 0 Å². The maximum Gasteiger partial charge on any atom is 0.175 e. The van der Waals surface area contributed by atoms with Gasteiger partial charge in [0, 0.05) is 25.2 Å². The zero-order chi connectivity index (χ0) is 19.1. The summed E-state index contributed by atoms with van der Waals surface area (Å²) in [5.41, 5.74) is 1.38. The molecule has 0 bridgehead atoms. The van der Waals surface area contributed by atoms with Gasteiger partial charge >= 0.3 is 0 Å². The molecular weight excluding hydrogens is 423 g/mol. The van der Waals surface area contributed by atoms with Crippen molar-refractivity contribution in [2.75, 3.05) is 34.3 Å². The summed E-state index contributed by atoms with van der Waals surface area (Å²) in [4.78, 5) is 2.12. The highest BCUT2D eigenvalue weighted by Gasteiger charge is 2.14. The van der Waals surface area contributed by atoms with E-state index in [0.717, 1.165) is 23.1 Å². The highest BCUT2D eigenvalue weighted by molar-refractivity contribution is 9.10. The highest BCUT2D eigenvalue weighted by atomic mass is 79.9. The average molecular weight is 446 g/mol. The van der Waals surface area contributed by atoms with E-state index in [-0.39, 0.29) is 6.61 Å². The molecule has 0 unspecified atom stereocenters. The van der Waals surface area contributed by atoms with E-state index in [4.69, 9.17) is 21.1 Å². The van der Waals surface area contributed by atoms with Crippen molar-refractivity contribution in [2.24, 2.45) is 0 Å². The lowest BCUT2D eigenvalue weighted by molar-refractivity contribution is 0.277. The molecule has 0 spiro atoms. The van der Waals surface area contributed by atoms with Gasteiger partial charge in [0.25, 0.3) is 0 Å². The zero-order valence-electron chi connectivity index (χ0n) is 15.1. The first-order valence-electron chi connectivity index (χ1n) is 8.20. The van der Waals surface area contributed by atoms with Gasteiger partial charge in [0.15, 0.2) is 11.5 Å². The van der Waals surface area contributed by atoms with Crippen molar-refractivity contribution in [1.29, 1.82) is 0 Å². The summed E-state index contributed by atoms with van der Waals surface area (Å²) in [6.45, 7) is 2.57. The first-order chi connectivity index (χ1) is 12.4. The lowest BCUT2D eigenvalue weighted by atomic mass is 10.2. The Kier molecular flexibility index (Phi) is 8.15. The SMILES string of the molecule is COc1cc(CNCCN(C)C)cc(Br)c1OCc1c(F)cccc1Cl. The second-order valence-corrected chi connectivity index (χ2v) is 7.34. The third-order valence-electron chi connectivity index (χ3n) is 3.78. The Labute approximate surface area is 167 Å². The van der Waals surface area contributed by atoms with Crippen LogP contribution in [0, 0.1) is 5.82 Å². The van der Waals surface area contributed by atoms with Crippen LogP contribution < -0.4 is 14.8 Å². The molecule has 1 N–H and O–H groups in total. The van der Waals surface area contributed by atoms with E-state index in [1.165, 1.54) is 6.07 Å². The van der Waals surface area contributed by atoms with Crippen molar-refractivity contribution in [2.45, 2.75) is 13.2 Å². The monoisotopic (exact) mass is 444 g/mol. The van der Waals surface area contributed by atoms with E-state index in [1.54, 1.807) is 19.2 Å². The minimum atomic E-state index is -0.394. The summed E-state index contributed by atoms with van der Waals surface area (Å²) >= 11 is 9.57. The molecule has 2 aromatic carbocycles. The van der Waals surface area contributed by atoms with Crippen molar-refractivity contribution in [1.82, 2.24) is 10.2 Å². The Bertz CT molecular complexity index is 723. The van der Waals surface area contributed by atoms with Gasteiger partial charge < -0.3 is 19.7 Å². The number of likely N-dealkylation sites (N-methyl/N-ethyl adjacent to an activating group) is 1. The van der Waals surface area contributed by atoms with Gasteiger partial charge in [-0.25, -0.2) is 4.39 Å². The van der Waals surface area contributed by atoms with E-state index < -0.39 is 5.82 Å². The highest BCUT2D eigenvalue weighted by Crippen LogP contribution is 2.37. The van der Waals surface area contributed by atoms with Crippen molar-refractivity contribution < 1.29 is 13.9 Å². The molecule has 0 saturated carbocycles. The maximum atomic E-state index is 13.9. The molecule has 2 aromatic rings. The Morgan fingerprint density at radius 1 is 1.27 bits per heavy atom. The van der Waals surface area contributed by atoms with Gasteiger partial charge in [-0.05, 0) is 59.9 Å². The molecule has 0 aliphatic carbocycles. The number of ether oxygens (including phenoxy) is 2. The third-order valence-corrected chi connectivity index (χ3v) is 4.72. The van der Waals surface area contributed by atoms with E-state index in [1.807, 2.05) is 26.2 Å². The molecule has 142 valence electrons. The average Bonchev–Trinajstić information content (AvgIpc) is 2.59. The topological polar surface area (TPSA) is 33.7 Å². The number of benzene rings is 2. The molecule has 0 heterocycles. The Hall–Kier alpha value is -1.34. The number of halogens is 3. The van der Waals surface area contributed by atoms with Gasteiger partial charge in [0.2, 0.25) is 0 Å². The molecule has 26 heavy (non-hydrogen) atoms. The standard InChI is InChI=1S/C19H23BrClFN2O2/c1-24(2)8-7-23-11-13-9-15(20)19(18(10-13)25-3)26-12-14-16(21)5-4-6-17(14)22/h4-6,9-10,23H,7-8,11-12H2,1-3H3. The first kappa shape index (κ1) is 21.0. The fourth-order valence-corrected chi connectivity index (χ4v) is 3.19. The second kappa shape index (κ2) is 10.1. The fraction of sp³-hybridized carbons (Fsp3) is 0.368. The quantitative estimate of drug-likeness (QED) is 0.577. The van der Waals surface area contributed by atoms with Crippen LogP contribution in [0.3, 0.4) is 0 Å². The summed E-state index contributed by atoms with van der Waals surface area (Å²) in [5, 5.41) is 3.71. The van der Waals surface area contributed by atoms with Crippen LogP contribution in [0.5, 0.6) is 11.5 Å². The number of rotatable bonds is 9. The largest absolute Gasteiger partial charge is 0.493 e. The Morgan fingerprint density at radius 2 is 2.04 bits per heavy atom. The fourth-order valence-electron chi connectivity index (χ4n) is 2.37. The van der Waals surface area contributed by atoms with Crippen LogP contribution in [-0.4, -0.2) is 39.2 Å². The molecule has 0 atom stereocenters. The van der Waals surface area contributed by atoms with Gasteiger partial charge in [-0.3, -0.25) is 0 Å². The molecule has 0 aromatic heterocycles. The summed E-state index contributed by atoms with van der Waals surface area (Å²) in [6.07, 6.45) is 0. The summed E-state index contributed by atoms with van der Waals surface area (Å²) in [5.74, 6) is 0.703. The first-order valence-corrected chi connectivity index (χ1v) is 9.37. The van der Waals surface area contributed by atoms with E-state index in [0.29, 0.717) is 28.6 Å². The number of hydrogen-bond donors (Lipinski definition) is 1. The number of nitrogens with zero attached hydrogens (tertiary/aromatic N) is 1. The van der Waals surface area contributed by atoms with Crippen LogP contribution in [0.4, 0.5) is 4.39 Å². The minimum absolute atomic E-state index is 0.0148. The number of methoxy groups -OCH3 is 1. The van der Waals surface area contributed by atoms with Gasteiger partial charge in [-0.2, -0.15) is 0 Å². The van der Waals surface area contributed by atoms with E-state index in [9.17, 15) is 4.39 Å². The van der Waals surface area contributed by atoms with Gasteiger partial charge in [-0.1, -0.05) is 17.7 Å². The third kappa shape index (κ3) is 5.84. The molecule has 0 radical (unpaired) electrons. The van der Waals surface area contributed by atoms with Crippen molar-refractivity contribution >= 4 is 27.5 Å². The van der Waals surface area contributed by atoms with Gasteiger partial charge in [0.1, 0.15) is 12.4 Å². The van der Waals surface area contributed by atoms with Crippen LogP contribution in [0.15, 0.2) is 34.8 Å². The molecule has 2 rings (SSSR count). The van der Waals surface area contributed by atoms with Crippen LogP contribution in [0.25, 0.3) is 0 Å². The molecule has 0 saturated heterocycles. The minimum Gasteiger partial charge on any atom is -0.493 e. The predicted molar refractivity (Wildman–Crippen MR) is 107 cm³/mol. The maximum absolute atomic E-state index is 13.9. The van der Waals surface area contributed by atoms with Gasteiger partial charge in [-0.15, -0.1) is 0 Å². The lowest BCUT2D eigenvalue weighted by Gasteiger charge is -2.16. The number of nitrogens with one attached hydrogen (secondary N) is 1. The second-order valence-electron chi connectivity index (χ2n) is 6.08. The van der Waals surface area contributed by atoms with Crippen LogP contribution >= 0.6 is 27.5 Å². The Balaban J connectivity index is 2.09. The Morgan fingerprint density at radius 3 is 2.69 bits per heavy atom. The normalized spacial score (nSPS) is 11.0. The summed E-state index contributed by atoms with van der Waals surface area (Å²) in [6, 6.07) is 8.43. The predicted octanol–water partition coefficient (Wildman–Crippen LogP) is 4.48. The molecule has 7 heteroatoms. The summed E-state index contributed by atoms with van der Waals surface area (Å²) < 4.78 is 25.9. The zero-order valence-corrected chi connectivity index (χ0v) is 17.5. The van der Waals surface area contributed by atoms with Crippen LogP contribution in [0.2, 0.25) is 5.02 Å².